The first-order chi connectivity index (χ1) is 13.5. The Bertz CT molecular complexity index is 802. The fourth-order valence-corrected chi connectivity index (χ4v) is 9.42. The van der Waals surface area contributed by atoms with Gasteiger partial charge in [0.15, 0.2) is 8.32 Å². The largest absolute Gasteiger partial charge is 0.469 e. The van der Waals surface area contributed by atoms with Gasteiger partial charge in [-0.05, 0) is 76.6 Å². The van der Waals surface area contributed by atoms with Crippen LogP contribution < -0.4 is 0 Å². The van der Waals surface area contributed by atoms with Crippen molar-refractivity contribution < 1.29 is 23.5 Å². The van der Waals surface area contributed by atoms with Crippen LogP contribution in [0.3, 0.4) is 0 Å². The number of methoxy groups -OCH3 is 1. The molecule has 4 bridgehead atoms. The monoisotopic (exact) mass is 418 g/mol. The summed E-state index contributed by atoms with van der Waals surface area (Å²) >= 11 is 0. The second-order valence-electron chi connectivity index (χ2n) is 11.4. The molecule has 6 heteroatoms. The third-order valence-electron chi connectivity index (χ3n) is 9.06. The van der Waals surface area contributed by atoms with Crippen molar-refractivity contribution in [2.45, 2.75) is 76.8 Å². The normalized spacial score (nSPS) is 50.2. The molecule has 5 aliphatic rings. The van der Waals surface area contributed by atoms with E-state index in [1.165, 1.54) is 7.11 Å². The van der Waals surface area contributed by atoms with Gasteiger partial charge in [0.2, 0.25) is 0 Å². The number of hydrogen-bond donors (Lipinski definition) is 0. The lowest BCUT2D eigenvalue weighted by Crippen LogP contribution is -2.51. The zero-order valence-electron chi connectivity index (χ0n) is 18.4. The molecular formula is C23H34O5Si. The van der Waals surface area contributed by atoms with Gasteiger partial charge in [-0.25, -0.2) is 0 Å². The van der Waals surface area contributed by atoms with Crippen molar-refractivity contribution in [3.63, 3.8) is 0 Å². The van der Waals surface area contributed by atoms with Gasteiger partial charge in [0.05, 0.1) is 24.5 Å². The molecule has 8 atom stereocenters. The quantitative estimate of drug-likeness (QED) is 0.393. The van der Waals surface area contributed by atoms with Crippen LogP contribution in [0.25, 0.3) is 0 Å². The summed E-state index contributed by atoms with van der Waals surface area (Å²) in [5, 5.41) is 0. The van der Waals surface area contributed by atoms with Gasteiger partial charge in [-0.15, -0.1) is 0 Å². The van der Waals surface area contributed by atoms with Crippen LogP contribution in [-0.2, 0) is 23.5 Å². The molecule has 1 heterocycles. The molecule has 160 valence electrons. The summed E-state index contributed by atoms with van der Waals surface area (Å²) in [6, 6.07) is 0. The van der Waals surface area contributed by atoms with E-state index in [4.69, 9.17) is 13.9 Å². The lowest BCUT2D eigenvalue weighted by molar-refractivity contribution is -0.165. The summed E-state index contributed by atoms with van der Waals surface area (Å²) in [5.74, 6) is -0.243. The van der Waals surface area contributed by atoms with Crippen molar-refractivity contribution in [1.29, 1.82) is 0 Å². The first-order valence-electron chi connectivity index (χ1n) is 11.2. The Morgan fingerprint density at radius 1 is 1.24 bits per heavy atom. The van der Waals surface area contributed by atoms with Gasteiger partial charge >= 0.3 is 11.9 Å². The molecule has 0 aromatic carbocycles. The van der Waals surface area contributed by atoms with Crippen LogP contribution in [0.5, 0.6) is 0 Å². The maximum atomic E-state index is 13.4. The molecule has 1 aliphatic heterocycles. The number of fused-ring (bicyclic) bond motifs is 1. The second-order valence-corrected chi connectivity index (χ2v) is 15.9. The van der Waals surface area contributed by atoms with Gasteiger partial charge in [-0.1, -0.05) is 6.58 Å². The Kier molecular flexibility index (Phi) is 3.93. The van der Waals surface area contributed by atoms with Crippen LogP contribution in [0, 0.1) is 34.5 Å². The molecule has 5 rings (SSSR count). The van der Waals surface area contributed by atoms with Crippen LogP contribution in [0.4, 0.5) is 0 Å². The van der Waals surface area contributed by atoms with Crippen molar-refractivity contribution >= 4 is 20.3 Å². The highest BCUT2D eigenvalue weighted by Gasteiger charge is 2.83. The van der Waals surface area contributed by atoms with E-state index < -0.39 is 19.3 Å². The molecule has 5 fully saturated rings. The topological polar surface area (TPSA) is 61.8 Å². The highest BCUT2D eigenvalue weighted by Crippen LogP contribution is 2.78. The van der Waals surface area contributed by atoms with E-state index >= 15 is 0 Å². The van der Waals surface area contributed by atoms with Gasteiger partial charge in [0, 0.05) is 17.3 Å². The Labute approximate surface area is 174 Å². The summed E-state index contributed by atoms with van der Waals surface area (Å²) in [4.78, 5) is 26.5. The summed E-state index contributed by atoms with van der Waals surface area (Å²) in [6.45, 7) is 13.1. The predicted octanol–water partition coefficient (Wildman–Crippen LogP) is 4.08. The van der Waals surface area contributed by atoms with Gasteiger partial charge < -0.3 is 13.9 Å². The number of esters is 2. The molecular weight excluding hydrogens is 384 g/mol. The molecule has 0 N–H and O–H groups in total. The first-order valence-corrected chi connectivity index (χ1v) is 14.6. The van der Waals surface area contributed by atoms with Crippen molar-refractivity contribution in [2.24, 2.45) is 34.5 Å². The minimum atomic E-state index is -1.89. The Morgan fingerprint density at radius 3 is 2.62 bits per heavy atom. The van der Waals surface area contributed by atoms with Gasteiger partial charge in [-0.3, -0.25) is 9.59 Å². The predicted molar refractivity (Wildman–Crippen MR) is 110 cm³/mol. The van der Waals surface area contributed by atoms with E-state index in [2.05, 4.69) is 26.2 Å². The number of hydrogen-bond acceptors (Lipinski definition) is 5. The third-order valence-corrected chi connectivity index (χ3v) is 10.00. The maximum absolute atomic E-state index is 13.4. The van der Waals surface area contributed by atoms with E-state index in [1.54, 1.807) is 0 Å². The van der Waals surface area contributed by atoms with Crippen molar-refractivity contribution in [3.8, 4) is 0 Å². The van der Waals surface area contributed by atoms with Crippen LogP contribution in [0.15, 0.2) is 12.2 Å². The molecule has 4 saturated carbocycles. The van der Waals surface area contributed by atoms with Crippen molar-refractivity contribution in [2.75, 3.05) is 7.11 Å². The average molecular weight is 419 g/mol. The highest BCUT2D eigenvalue weighted by atomic mass is 28.4. The van der Waals surface area contributed by atoms with Crippen molar-refractivity contribution in [1.82, 2.24) is 0 Å². The lowest BCUT2D eigenvalue weighted by Gasteiger charge is -2.47. The number of ether oxygens (including phenoxy) is 2. The molecule has 0 aromatic heterocycles. The fraction of sp³-hybridized carbons (Fsp3) is 0.826. The average Bonchev–Trinajstić information content (AvgIpc) is 3.06. The van der Waals surface area contributed by atoms with Crippen LogP contribution in [-0.4, -0.2) is 39.1 Å². The van der Waals surface area contributed by atoms with Gasteiger partial charge in [-0.2, -0.15) is 0 Å². The molecule has 0 radical (unpaired) electrons. The highest BCUT2D eigenvalue weighted by molar-refractivity contribution is 6.69. The van der Waals surface area contributed by atoms with E-state index in [1.807, 2.05) is 6.92 Å². The number of carbonyl (C=O) groups is 2. The second kappa shape index (κ2) is 5.76. The Hall–Kier alpha value is -1.14. The van der Waals surface area contributed by atoms with Gasteiger partial charge in [0.1, 0.15) is 5.60 Å². The standard InChI is InChI=1S/C23H34O5Si/c1-13-14-8-9-15-22(12-14,18(13)28-29(4,5)6)16(19(24)26-3)17-21(2)10-7-11-23(15,17)27-20(21)25/h14-18H,1,7-12H2,2-6H3. The summed E-state index contributed by atoms with van der Waals surface area (Å²) in [6.07, 6.45) is 5.42. The third kappa shape index (κ3) is 2.20. The van der Waals surface area contributed by atoms with E-state index in [0.717, 1.165) is 44.1 Å². The van der Waals surface area contributed by atoms with Crippen LogP contribution in [0.2, 0.25) is 19.6 Å². The lowest BCUT2D eigenvalue weighted by atomic mass is 9.60. The smallest absolute Gasteiger partial charge is 0.312 e. The minimum Gasteiger partial charge on any atom is -0.469 e. The zero-order chi connectivity index (χ0) is 21.0. The molecule has 0 aromatic rings. The molecule has 4 aliphatic carbocycles. The molecule has 5 nitrogen and oxygen atoms in total. The van der Waals surface area contributed by atoms with Crippen LogP contribution in [0.1, 0.15) is 45.4 Å². The van der Waals surface area contributed by atoms with E-state index in [0.29, 0.717) is 5.92 Å². The molecule has 0 amide bonds. The molecule has 8 unspecified atom stereocenters. The van der Waals surface area contributed by atoms with E-state index in [9.17, 15) is 9.59 Å². The number of carbonyl (C=O) groups excluding carboxylic acids is 2. The van der Waals surface area contributed by atoms with Gasteiger partial charge in [0.25, 0.3) is 0 Å². The van der Waals surface area contributed by atoms with E-state index in [-0.39, 0.29) is 41.2 Å². The number of rotatable bonds is 3. The fourth-order valence-electron chi connectivity index (χ4n) is 8.34. The molecule has 29 heavy (non-hydrogen) atoms. The first kappa shape index (κ1) is 19.8. The molecule has 1 saturated heterocycles. The SMILES string of the molecule is C=C1C2CCC3C45CCCC(C)(C(=O)O4)C5C(C(=O)OC)C3(C2)C1O[Si](C)(C)C. The summed E-state index contributed by atoms with van der Waals surface area (Å²) in [5.41, 5.74) is -0.345. The maximum Gasteiger partial charge on any atom is 0.312 e. The Morgan fingerprint density at radius 2 is 1.97 bits per heavy atom. The van der Waals surface area contributed by atoms with Crippen LogP contribution >= 0.6 is 0 Å². The Balaban J connectivity index is 1.74. The zero-order valence-corrected chi connectivity index (χ0v) is 19.4. The summed E-state index contributed by atoms with van der Waals surface area (Å²) in [7, 11) is -0.409. The summed E-state index contributed by atoms with van der Waals surface area (Å²) < 4.78 is 18.6. The van der Waals surface area contributed by atoms with Crippen molar-refractivity contribution in [3.05, 3.63) is 12.2 Å². The minimum absolute atomic E-state index is 0.106. The molecule has 1 spiro atoms.